The lowest BCUT2D eigenvalue weighted by Gasteiger charge is -2.05. The quantitative estimate of drug-likeness (QED) is 0.620. The number of hydrogen-bond donors (Lipinski definition) is 1. The molecule has 0 amide bonds. The van der Waals surface area contributed by atoms with E-state index in [4.69, 9.17) is 4.42 Å². The molecule has 1 heterocycles. The maximum absolute atomic E-state index is 5.78. The second-order valence-corrected chi connectivity index (χ2v) is 6.08. The van der Waals surface area contributed by atoms with Gasteiger partial charge in [0.2, 0.25) is 0 Å². The first-order valence-corrected chi connectivity index (χ1v) is 7.67. The van der Waals surface area contributed by atoms with Crippen LogP contribution in [0.5, 0.6) is 0 Å². The number of rotatable bonds is 6. The smallest absolute Gasteiger partial charge is 0.194 e. The number of nitrogens with zero attached hydrogens (tertiary/aromatic N) is 1. The Morgan fingerprint density at radius 3 is 2.68 bits per heavy atom. The van der Waals surface area contributed by atoms with Gasteiger partial charge in [-0.2, -0.15) is 0 Å². The highest BCUT2D eigenvalue weighted by Crippen LogP contribution is 2.21. The van der Waals surface area contributed by atoms with Gasteiger partial charge in [-0.05, 0) is 47.7 Å². The molecule has 0 unspecified atom stereocenters. The molecule has 19 heavy (non-hydrogen) atoms. The summed E-state index contributed by atoms with van der Waals surface area (Å²) in [5, 5.41) is 3.39. The van der Waals surface area contributed by atoms with Crippen molar-refractivity contribution in [1.29, 1.82) is 0 Å². The zero-order valence-corrected chi connectivity index (χ0v) is 13.5. The summed E-state index contributed by atoms with van der Waals surface area (Å²) in [5.74, 6) is 1.67. The van der Waals surface area contributed by atoms with Crippen LogP contribution in [-0.2, 0) is 6.42 Å². The van der Waals surface area contributed by atoms with Crippen LogP contribution in [0.15, 0.2) is 34.9 Å². The van der Waals surface area contributed by atoms with Crippen LogP contribution < -0.4 is 5.32 Å². The number of oxazole rings is 1. The Morgan fingerprint density at radius 2 is 2.00 bits per heavy atom. The Labute approximate surface area is 128 Å². The topological polar surface area (TPSA) is 38.1 Å². The fourth-order valence-corrected chi connectivity index (χ4v) is 2.16. The van der Waals surface area contributed by atoms with Gasteiger partial charge in [-0.15, -0.1) is 0 Å². The van der Waals surface area contributed by atoms with E-state index in [1.165, 1.54) is 3.57 Å². The molecule has 0 spiro atoms. The summed E-state index contributed by atoms with van der Waals surface area (Å²) in [4.78, 5) is 4.34. The summed E-state index contributed by atoms with van der Waals surface area (Å²) in [6, 6.07) is 8.81. The van der Waals surface area contributed by atoms with E-state index in [0.29, 0.717) is 6.04 Å². The number of benzene rings is 1. The van der Waals surface area contributed by atoms with Crippen LogP contribution >= 0.6 is 22.6 Å². The summed E-state index contributed by atoms with van der Waals surface area (Å²) in [6.07, 6.45) is 3.74. The molecule has 2 rings (SSSR count). The molecule has 102 valence electrons. The molecule has 0 aliphatic heterocycles. The maximum atomic E-state index is 5.78. The molecule has 0 radical (unpaired) electrons. The molecule has 0 saturated heterocycles. The predicted octanol–water partition coefficient (Wildman–Crippen LogP) is 3.88. The van der Waals surface area contributed by atoms with Crippen molar-refractivity contribution in [3.05, 3.63) is 39.9 Å². The Hall–Kier alpha value is -0.880. The molecule has 0 fully saturated rings. The second-order valence-electron chi connectivity index (χ2n) is 4.84. The number of hydrogen-bond acceptors (Lipinski definition) is 3. The summed E-state index contributed by atoms with van der Waals surface area (Å²) in [5.41, 5.74) is 1.08. The van der Waals surface area contributed by atoms with E-state index in [1.807, 2.05) is 6.20 Å². The minimum atomic E-state index is 0.534. The van der Waals surface area contributed by atoms with Gasteiger partial charge in [0.05, 0.1) is 6.20 Å². The van der Waals surface area contributed by atoms with Crippen molar-refractivity contribution >= 4 is 22.6 Å². The third kappa shape index (κ3) is 4.62. The first-order valence-electron chi connectivity index (χ1n) is 6.59. The number of aromatic nitrogens is 1. The third-order valence-electron chi connectivity index (χ3n) is 2.80. The molecular weight excluding hydrogens is 351 g/mol. The summed E-state index contributed by atoms with van der Waals surface area (Å²) in [7, 11) is 0. The highest BCUT2D eigenvalue weighted by Gasteiger charge is 2.06. The van der Waals surface area contributed by atoms with E-state index in [-0.39, 0.29) is 0 Å². The average Bonchev–Trinajstić information content (AvgIpc) is 2.84. The van der Waals surface area contributed by atoms with E-state index in [1.54, 1.807) is 0 Å². The SMILES string of the molecule is CC(C)NCCCc1ncc(-c2ccc(I)cc2)o1. The fourth-order valence-electron chi connectivity index (χ4n) is 1.80. The zero-order chi connectivity index (χ0) is 13.7. The molecule has 0 atom stereocenters. The Balaban J connectivity index is 1.90. The average molecular weight is 370 g/mol. The summed E-state index contributed by atoms with van der Waals surface area (Å²) >= 11 is 2.30. The Kier molecular flexibility index (Phi) is 5.39. The van der Waals surface area contributed by atoms with Crippen molar-refractivity contribution in [3.8, 4) is 11.3 Å². The van der Waals surface area contributed by atoms with Crippen LogP contribution in [0.4, 0.5) is 0 Å². The summed E-state index contributed by atoms with van der Waals surface area (Å²) < 4.78 is 7.00. The largest absolute Gasteiger partial charge is 0.441 e. The van der Waals surface area contributed by atoms with Gasteiger partial charge < -0.3 is 9.73 Å². The Morgan fingerprint density at radius 1 is 1.26 bits per heavy atom. The van der Waals surface area contributed by atoms with E-state index < -0.39 is 0 Å². The highest BCUT2D eigenvalue weighted by atomic mass is 127. The summed E-state index contributed by atoms with van der Waals surface area (Å²) in [6.45, 7) is 5.30. The van der Waals surface area contributed by atoms with Gasteiger partial charge in [0, 0.05) is 21.6 Å². The first-order chi connectivity index (χ1) is 9.15. The molecule has 1 N–H and O–H groups in total. The van der Waals surface area contributed by atoms with E-state index in [9.17, 15) is 0 Å². The molecule has 3 nitrogen and oxygen atoms in total. The minimum Gasteiger partial charge on any atom is -0.441 e. The van der Waals surface area contributed by atoms with Crippen LogP contribution in [-0.4, -0.2) is 17.6 Å². The molecule has 0 aliphatic rings. The van der Waals surface area contributed by atoms with Crippen LogP contribution in [0.1, 0.15) is 26.2 Å². The van der Waals surface area contributed by atoms with Crippen molar-refractivity contribution in [2.75, 3.05) is 6.54 Å². The minimum absolute atomic E-state index is 0.534. The Bertz CT molecular complexity index is 505. The molecule has 4 heteroatoms. The van der Waals surface area contributed by atoms with Crippen LogP contribution in [0.2, 0.25) is 0 Å². The van der Waals surface area contributed by atoms with Gasteiger partial charge in [-0.3, -0.25) is 0 Å². The van der Waals surface area contributed by atoms with Crippen LogP contribution in [0, 0.1) is 3.57 Å². The van der Waals surface area contributed by atoms with Gasteiger partial charge in [0.1, 0.15) is 0 Å². The fraction of sp³-hybridized carbons (Fsp3) is 0.400. The third-order valence-corrected chi connectivity index (χ3v) is 3.52. The molecule has 0 aliphatic carbocycles. The molecule has 1 aromatic carbocycles. The van der Waals surface area contributed by atoms with Gasteiger partial charge in [-0.1, -0.05) is 26.0 Å². The first kappa shape index (κ1) is 14.5. The van der Waals surface area contributed by atoms with E-state index >= 15 is 0 Å². The van der Waals surface area contributed by atoms with Crippen molar-refractivity contribution in [1.82, 2.24) is 10.3 Å². The number of nitrogens with one attached hydrogen (secondary N) is 1. The lowest BCUT2D eigenvalue weighted by molar-refractivity contribution is 0.484. The zero-order valence-electron chi connectivity index (χ0n) is 11.3. The highest BCUT2D eigenvalue weighted by molar-refractivity contribution is 14.1. The predicted molar refractivity (Wildman–Crippen MR) is 86.1 cm³/mol. The molecule has 2 aromatic rings. The maximum Gasteiger partial charge on any atom is 0.194 e. The monoisotopic (exact) mass is 370 g/mol. The van der Waals surface area contributed by atoms with E-state index in [2.05, 4.69) is 71.0 Å². The van der Waals surface area contributed by atoms with Crippen molar-refractivity contribution in [2.45, 2.75) is 32.7 Å². The lowest BCUT2D eigenvalue weighted by Crippen LogP contribution is -2.23. The van der Waals surface area contributed by atoms with E-state index in [0.717, 1.165) is 36.6 Å². The van der Waals surface area contributed by atoms with Crippen molar-refractivity contribution < 1.29 is 4.42 Å². The molecule has 0 saturated carbocycles. The number of halogens is 1. The van der Waals surface area contributed by atoms with Crippen LogP contribution in [0.25, 0.3) is 11.3 Å². The van der Waals surface area contributed by atoms with Gasteiger partial charge >= 0.3 is 0 Å². The van der Waals surface area contributed by atoms with Crippen molar-refractivity contribution in [3.63, 3.8) is 0 Å². The van der Waals surface area contributed by atoms with Gasteiger partial charge in [-0.25, -0.2) is 4.98 Å². The normalized spacial score (nSPS) is 11.2. The molecule has 0 bridgehead atoms. The molecular formula is C15H19IN2O. The van der Waals surface area contributed by atoms with Gasteiger partial charge in [0.15, 0.2) is 11.7 Å². The standard InChI is InChI=1S/C15H19IN2O/c1-11(2)17-9-3-4-15-18-10-14(19-15)12-5-7-13(16)8-6-12/h5-8,10-11,17H,3-4,9H2,1-2H3. The van der Waals surface area contributed by atoms with Crippen LogP contribution in [0.3, 0.4) is 0 Å². The lowest BCUT2D eigenvalue weighted by atomic mass is 10.2. The second kappa shape index (κ2) is 7.05. The number of aryl methyl sites for hydroxylation is 1. The molecule has 1 aromatic heterocycles. The van der Waals surface area contributed by atoms with Crippen molar-refractivity contribution in [2.24, 2.45) is 0 Å². The van der Waals surface area contributed by atoms with Gasteiger partial charge in [0.25, 0.3) is 0 Å².